The van der Waals surface area contributed by atoms with Crippen molar-refractivity contribution in [1.29, 1.82) is 5.26 Å². The van der Waals surface area contributed by atoms with Crippen LogP contribution in [0.1, 0.15) is 22.7 Å². The molecule has 2 aromatic rings. The van der Waals surface area contributed by atoms with E-state index in [4.69, 9.17) is 24.7 Å². The molecule has 0 fully saturated rings. The van der Waals surface area contributed by atoms with Gasteiger partial charge in [-0.2, -0.15) is 5.26 Å². The zero-order chi connectivity index (χ0) is 23.6. The summed E-state index contributed by atoms with van der Waals surface area (Å²) >= 11 is 0. The maximum absolute atomic E-state index is 13.6. The monoisotopic (exact) mass is 441 g/mol. The SMILES string of the molecule is COc1cc([C@@H]2C(C#N)=C(N)Oc3cc(C)n(CC[NH+](C)C)c(=O)c32)cc(OC)c1OC. The number of allylic oxidation sites excluding steroid dienone is 1. The number of methoxy groups -OCH3 is 3. The van der Waals surface area contributed by atoms with E-state index in [1.165, 1.54) is 26.2 Å². The van der Waals surface area contributed by atoms with Crippen molar-refractivity contribution in [3.05, 3.63) is 56.8 Å². The average molecular weight is 442 g/mol. The third kappa shape index (κ3) is 3.97. The zero-order valence-corrected chi connectivity index (χ0v) is 19.2. The molecule has 9 heteroatoms. The molecular weight excluding hydrogens is 412 g/mol. The van der Waals surface area contributed by atoms with Crippen LogP contribution in [0.4, 0.5) is 0 Å². The molecule has 3 N–H and O–H groups in total. The number of aryl methyl sites for hydroxylation is 1. The molecule has 1 aromatic carbocycles. The zero-order valence-electron chi connectivity index (χ0n) is 19.2. The van der Waals surface area contributed by atoms with E-state index >= 15 is 0 Å². The number of nitrogens with two attached hydrogens (primary N) is 1. The van der Waals surface area contributed by atoms with Crippen molar-refractivity contribution >= 4 is 0 Å². The van der Waals surface area contributed by atoms with E-state index in [0.29, 0.717) is 40.7 Å². The predicted molar refractivity (Wildman–Crippen MR) is 119 cm³/mol. The minimum atomic E-state index is -0.747. The number of aromatic nitrogens is 1. The van der Waals surface area contributed by atoms with E-state index < -0.39 is 5.92 Å². The van der Waals surface area contributed by atoms with Crippen LogP contribution in [0.3, 0.4) is 0 Å². The highest BCUT2D eigenvalue weighted by Crippen LogP contribution is 2.46. The van der Waals surface area contributed by atoms with Crippen molar-refractivity contribution in [1.82, 2.24) is 4.57 Å². The van der Waals surface area contributed by atoms with Gasteiger partial charge in [0, 0.05) is 11.8 Å². The normalized spacial score (nSPS) is 15.1. The second-order valence-corrected chi connectivity index (χ2v) is 7.86. The van der Waals surface area contributed by atoms with E-state index in [9.17, 15) is 10.1 Å². The number of quaternary nitrogens is 1. The lowest BCUT2D eigenvalue weighted by Crippen LogP contribution is -3.06. The molecule has 0 aliphatic carbocycles. The highest BCUT2D eigenvalue weighted by Gasteiger charge is 2.35. The molecule has 1 aliphatic heterocycles. The fourth-order valence-corrected chi connectivity index (χ4v) is 3.90. The van der Waals surface area contributed by atoms with Gasteiger partial charge in [-0.05, 0) is 24.6 Å². The van der Waals surface area contributed by atoms with Gasteiger partial charge in [0.15, 0.2) is 11.5 Å². The van der Waals surface area contributed by atoms with Crippen LogP contribution in [0.25, 0.3) is 0 Å². The van der Waals surface area contributed by atoms with Gasteiger partial charge in [0.05, 0.1) is 60.0 Å². The summed E-state index contributed by atoms with van der Waals surface area (Å²) in [6.45, 7) is 3.14. The topological polar surface area (TPSA) is 113 Å². The maximum atomic E-state index is 13.6. The molecule has 1 aromatic heterocycles. The quantitative estimate of drug-likeness (QED) is 0.645. The summed E-state index contributed by atoms with van der Waals surface area (Å²) in [7, 11) is 8.58. The van der Waals surface area contributed by atoms with Crippen LogP contribution in [0, 0.1) is 18.3 Å². The standard InChI is InChI=1S/C23H28N4O5/c1-13-9-16-20(23(28)27(13)8-7-26(2)3)19(15(12-24)22(25)32-16)14-10-17(29-4)21(31-6)18(11-14)30-5/h9-11,19H,7-8,25H2,1-6H3/p+1/t19-/m1/s1. The number of hydrogen-bond acceptors (Lipinski definition) is 7. The molecular formula is C23H29N4O5+. The molecule has 0 radical (unpaired) electrons. The molecule has 1 aliphatic rings. The Kier molecular flexibility index (Phi) is 6.65. The average Bonchev–Trinajstić information content (AvgIpc) is 2.76. The van der Waals surface area contributed by atoms with Crippen LogP contribution in [-0.2, 0) is 6.54 Å². The molecule has 170 valence electrons. The van der Waals surface area contributed by atoms with Crippen molar-refractivity contribution < 1.29 is 23.8 Å². The van der Waals surface area contributed by atoms with Crippen molar-refractivity contribution in [3.8, 4) is 29.1 Å². The Bertz CT molecular complexity index is 1140. The molecule has 0 spiro atoms. The Balaban J connectivity index is 2.31. The van der Waals surface area contributed by atoms with Crippen molar-refractivity contribution in [2.45, 2.75) is 19.4 Å². The number of nitriles is 1. The van der Waals surface area contributed by atoms with Gasteiger partial charge >= 0.3 is 0 Å². The van der Waals surface area contributed by atoms with Crippen molar-refractivity contribution in [2.24, 2.45) is 5.73 Å². The van der Waals surface area contributed by atoms with E-state index in [2.05, 4.69) is 6.07 Å². The van der Waals surface area contributed by atoms with Gasteiger partial charge in [0.25, 0.3) is 5.56 Å². The maximum Gasteiger partial charge on any atom is 0.258 e. The second-order valence-electron chi connectivity index (χ2n) is 7.86. The molecule has 2 heterocycles. The first-order valence-electron chi connectivity index (χ1n) is 10.2. The summed E-state index contributed by atoms with van der Waals surface area (Å²) < 4.78 is 23.8. The summed E-state index contributed by atoms with van der Waals surface area (Å²) in [5.41, 5.74) is 7.74. The largest absolute Gasteiger partial charge is 0.493 e. The Morgan fingerprint density at radius 2 is 1.78 bits per heavy atom. The van der Waals surface area contributed by atoms with Crippen LogP contribution < -0.4 is 35.1 Å². The smallest absolute Gasteiger partial charge is 0.258 e. The minimum absolute atomic E-state index is 0.0342. The molecule has 3 rings (SSSR count). The third-order valence-corrected chi connectivity index (χ3v) is 5.55. The van der Waals surface area contributed by atoms with Crippen LogP contribution in [0.5, 0.6) is 23.0 Å². The Morgan fingerprint density at radius 3 is 2.28 bits per heavy atom. The van der Waals surface area contributed by atoms with Crippen LogP contribution >= 0.6 is 0 Å². The minimum Gasteiger partial charge on any atom is -0.493 e. The summed E-state index contributed by atoms with van der Waals surface area (Å²) in [4.78, 5) is 14.9. The number of benzene rings is 1. The molecule has 1 atom stereocenters. The lowest BCUT2D eigenvalue weighted by atomic mass is 9.83. The van der Waals surface area contributed by atoms with E-state index in [1.807, 2.05) is 21.0 Å². The predicted octanol–water partition coefficient (Wildman–Crippen LogP) is 0.545. The van der Waals surface area contributed by atoms with Crippen LogP contribution in [-0.4, -0.2) is 46.5 Å². The van der Waals surface area contributed by atoms with Gasteiger partial charge in [0.1, 0.15) is 17.4 Å². The lowest BCUT2D eigenvalue weighted by Gasteiger charge is -2.28. The summed E-state index contributed by atoms with van der Waals surface area (Å²) in [5, 5.41) is 9.90. The Morgan fingerprint density at radius 1 is 1.16 bits per heavy atom. The van der Waals surface area contributed by atoms with Gasteiger partial charge in [-0.3, -0.25) is 4.79 Å². The number of likely N-dealkylation sites (N-methyl/N-ethyl adjacent to an activating group) is 1. The number of fused-ring (bicyclic) bond motifs is 1. The highest BCUT2D eigenvalue weighted by atomic mass is 16.5. The van der Waals surface area contributed by atoms with Gasteiger partial charge < -0.3 is 34.1 Å². The number of nitrogens with zero attached hydrogens (tertiary/aromatic N) is 2. The third-order valence-electron chi connectivity index (χ3n) is 5.55. The molecule has 32 heavy (non-hydrogen) atoms. The van der Waals surface area contributed by atoms with Gasteiger partial charge in [-0.15, -0.1) is 0 Å². The van der Waals surface area contributed by atoms with Gasteiger partial charge in [-0.25, -0.2) is 0 Å². The number of nitrogens with one attached hydrogen (secondary N) is 1. The fourth-order valence-electron chi connectivity index (χ4n) is 3.90. The molecule has 0 saturated carbocycles. The number of rotatable bonds is 7. The first kappa shape index (κ1) is 23.0. The van der Waals surface area contributed by atoms with Crippen LogP contribution in [0.15, 0.2) is 34.4 Å². The molecule has 0 unspecified atom stereocenters. The first-order valence-corrected chi connectivity index (χ1v) is 10.2. The number of ether oxygens (including phenoxy) is 4. The van der Waals surface area contributed by atoms with E-state index in [-0.39, 0.29) is 17.0 Å². The lowest BCUT2D eigenvalue weighted by molar-refractivity contribution is -0.858. The number of hydrogen-bond donors (Lipinski definition) is 2. The molecule has 0 amide bonds. The van der Waals surface area contributed by atoms with E-state index in [0.717, 1.165) is 12.2 Å². The van der Waals surface area contributed by atoms with Gasteiger partial charge in [-0.1, -0.05) is 0 Å². The summed E-state index contributed by atoms with van der Waals surface area (Å²) in [6.07, 6.45) is 0. The molecule has 0 saturated heterocycles. The van der Waals surface area contributed by atoms with Crippen molar-refractivity contribution in [2.75, 3.05) is 42.0 Å². The van der Waals surface area contributed by atoms with E-state index in [1.54, 1.807) is 22.8 Å². The summed E-state index contributed by atoms with van der Waals surface area (Å²) in [5.74, 6) is 0.799. The molecule has 9 nitrogen and oxygen atoms in total. The fraction of sp³-hybridized carbons (Fsp3) is 0.391. The summed E-state index contributed by atoms with van der Waals surface area (Å²) in [6, 6.07) is 7.35. The molecule has 0 bridgehead atoms. The second kappa shape index (κ2) is 9.24. The first-order chi connectivity index (χ1) is 15.3. The highest BCUT2D eigenvalue weighted by molar-refractivity contribution is 5.61. The Hall–Kier alpha value is -3.64. The van der Waals surface area contributed by atoms with Crippen molar-refractivity contribution in [3.63, 3.8) is 0 Å². The van der Waals surface area contributed by atoms with Crippen LogP contribution in [0.2, 0.25) is 0 Å². The Labute approximate surface area is 187 Å². The van der Waals surface area contributed by atoms with Gasteiger partial charge in [0.2, 0.25) is 11.6 Å². The number of pyridine rings is 1.